The van der Waals surface area contributed by atoms with Crippen LogP contribution >= 0.6 is 0 Å². The van der Waals surface area contributed by atoms with Crippen LogP contribution in [0.3, 0.4) is 0 Å². The third-order valence-corrected chi connectivity index (χ3v) is 13.5. The molecule has 0 atom stereocenters. The minimum absolute atomic E-state index is 0. The van der Waals surface area contributed by atoms with Crippen LogP contribution in [0.15, 0.2) is 97.0 Å². The number of fused-ring (bicyclic) bond motifs is 2. The Morgan fingerprint density at radius 3 is 1.61 bits per heavy atom. The summed E-state index contributed by atoms with van der Waals surface area (Å²) in [7, 11) is 0. The maximum atomic E-state index is 11.7. The van der Waals surface area contributed by atoms with Crippen molar-refractivity contribution in [3.8, 4) is 22.5 Å². The Hall–Kier alpha value is -4.44. The number of carbonyl (C=O) groups is 1. The average Bonchev–Trinajstić information content (AvgIpc) is 3.31. The van der Waals surface area contributed by atoms with Crippen molar-refractivity contribution in [1.29, 1.82) is 0 Å². The number of ketones is 1. The van der Waals surface area contributed by atoms with E-state index in [9.17, 15) is 9.90 Å². The second-order valence-electron chi connectivity index (χ2n) is 18.3. The number of aryl methyl sites for hydroxylation is 4. The SMILES string of the molecule is CCC(CC)C(=O)/C=C(\O)C(CC)CC.Cc1[c-]c(-c2nccc3cc(C4CCCCC4)ccc23)cc(C)c1.[2H]c1nc(-c2[c-]c(C)cc(C)c2)c2ccc(C3CCCCC3)cc2c1[2H].[Ir]. The van der Waals surface area contributed by atoms with Crippen LogP contribution in [0, 0.1) is 51.7 Å². The fourth-order valence-electron chi connectivity index (χ4n) is 9.90. The molecule has 1 N–H and O–H groups in total. The molecule has 64 heavy (non-hydrogen) atoms. The van der Waals surface area contributed by atoms with E-state index >= 15 is 0 Å². The van der Waals surface area contributed by atoms with Crippen LogP contribution in [0.5, 0.6) is 0 Å². The quantitative estimate of drug-likeness (QED) is 0.0798. The number of aliphatic hydroxyl groups excluding tert-OH is 1. The molecule has 0 saturated heterocycles. The molecule has 2 aromatic heterocycles. The van der Waals surface area contributed by atoms with Crippen molar-refractivity contribution < 1.29 is 32.7 Å². The maximum Gasteiger partial charge on any atom is 0.162 e. The largest absolute Gasteiger partial charge is 0.512 e. The van der Waals surface area contributed by atoms with Gasteiger partial charge in [0.2, 0.25) is 0 Å². The van der Waals surface area contributed by atoms with E-state index in [1.54, 1.807) is 0 Å². The first kappa shape index (κ1) is 47.5. The molecule has 0 bridgehead atoms. The fourth-order valence-corrected chi connectivity index (χ4v) is 9.90. The molecule has 341 valence electrons. The number of aliphatic hydroxyl groups is 1. The Balaban J connectivity index is 0.000000192. The van der Waals surface area contributed by atoms with Crippen molar-refractivity contribution in [1.82, 2.24) is 9.97 Å². The van der Waals surface area contributed by atoms with Gasteiger partial charge in [0.1, 0.15) is 0 Å². The van der Waals surface area contributed by atoms with Crippen LogP contribution < -0.4 is 0 Å². The number of carbonyl (C=O) groups excluding carboxylic acids is 1. The summed E-state index contributed by atoms with van der Waals surface area (Å²) >= 11 is 0. The monoisotopic (exact) mass is 1040 g/mol. The van der Waals surface area contributed by atoms with Crippen molar-refractivity contribution in [3.63, 3.8) is 0 Å². The predicted octanol–water partition coefficient (Wildman–Crippen LogP) is 16.6. The van der Waals surface area contributed by atoms with Crippen molar-refractivity contribution in [3.05, 3.63) is 142 Å². The Morgan fingerprint density at radius 2 is 1.12 bits per heavy atom. The minimum atomic E-state index is 0. The minimum Gasteiger partial charge on any atom is -0.512 e. The van der Waals surface area contributed by atoms with Crippen molar-refractivity contribution >= 4 is 27.3 Å². The van der Waals surface area contributed by atoms with E-state index in [-0.39, 0.29) is 55.7 Å². The van der Waals surface area contributed by atoms with E-state index in [1.807, 2.05) is 40.8 Å². The molecule has 1 radical (unpaired) electrons. The molecule has 0 unspecified atom stereocenters. The van der Waals surface area contributed by atoms with Crippen LogP contribution in [-0.2, 0) is 24.9 Å². The van der Waals surface area contributed by atoms with Gasteiger partial charge in [-0.1, -0.05) is 130 Å². The second kappa shape index (κ2) is 24.7. The summed E-state index contributed by atoms with van der Waals surface area (Å²) < 4.78 is 16.6. The molecule has 2 heterocycles. The van der Waals surface area contributed by atoms with E-state index < -0.39 is 0 Å². The molecule has 2 aliphatic carbocycles. The standard InChI is InChI=1S/2C23H24N.C13H24O2.Ir/c2*1-16-12-17(2)14-21(13-16)23-22-9-8-19(15-20(22)10-11-24-23)18-6-4-3-5-7-18;1-5-10(6-2)12(14)9-13(15)11(7-3)8-4;/h2*8-13,15,18H,3-7H2,1-2H3;9-11,14H,5-8H2,1-4H3;/q2*-1;;/b;;12-9-;/i10D,11D;;;. The van der Waals surface area contributed by atoms with Gasteiger partial charge in [0.05, 0.1) is 8.50 Å². The number of hydrogen-bond acceptors (Lipinski definition) is 4. The molecule has 2 saturated carbocycles. The summed E-state index contributed by atoms with van der Waals surface area (Å²) in [5.74, 6) is 1.88. The van der Waals surface area contributed by atoms with E-state index in [4.69, 9.17) is 2.74 Å². The van der Waals surface area contributed by atoms with Crippen molar-refractivity contribution in [2.45, 2.75) is 157 Å². The molecular formula is C59H72IrN2O2-2. The summed E-state index contributed by atoms with van der Waals surface area (Å²) in [6.07, 6.45) is 20.1. The number of hydrogen-bond donors (Lipinski definition) is 1. The Kier molecular flexibility index (Phi) is 18.4. The van der Waals surface area contributed by atoms with Crippen LogP contribution in [0.25, 0.3) is 44.1 Å². The van der Waals surface area contributed by atoms with Gasteiger partial charge in [-0.2, -0.15) is 0 Å². The average molecular weight is 1040 g/mol. The first-order valence-electron chi connectivity index (χ1n) is 25.1. The van der Waals surface area contributed by atoms with Crippen LogP contribution in [-0.4, -0.2) is 20.9 Å². The van der Waals surface area contributed by atoms with Crippen LogP contribution in [0.4, 0.5) is 0 Å². The zero-order chi connectivity index (χ0) is 46.6. The summed E-state index contributed by atoms with van der Waals surface area (Å²) in [5.41, 5.74) is 11.3. The third-order valence-electron chi connectivity index (χ3n) is 13.5. The normalized spacial score (nSPS) is 15.2. The molecular weight excluding hydrogens is 961 g/mol. The van der Waals surface area contributed by atoms with Crippen molar-refractivity contribution in [2.75, 3.05) is 0 Å². The molecule has 5 heteroatoms. The predicted molar refractivity (Wildman–Crippen MR) is 266 cm³/mol. The van der Waals surface area contributed by atoms with E-state index in [0.717, 1.165) is 76.0 Å². The second-order valence-corrected chi connectivity index (χ2v) is 18.3. The number of benzene rings is 4. The Morgan fingerprint density at radius 1 is 0.656 bits per heavy atom. The summed E-state index contributed by atoms with van der Waals surface area (Å²) in [6.45, 7) is 16.4. The van der Waals surface area contributed by atoms with Gasteiger partial charge in [0, 0.05) is 50.4 Å². The molecule has 6 aromatic rings. The van der Waals surface area contributed by atoms with Crippen LogP contribution in [0.2, 0.25) is 0 Å². The number of aromatic nitrogens is 2. The number of allylic oxidation sites excluding steroid dienone is 2. The molecule has 2 fully saturated rings. The molecule has 2 aliphatic rings. The summed E-state index contributed by atoms with van der Waals surface area (Å²) in [6, 6.07) is 31.1. The molecule has 0 spiro atoms. The summed E-state index contributed by atoms with van der Waals surface area (Å²) in [5, 5.41) is 14.1. The van der Waals surface area contributed by atoms with Crippen LogP contribution in [0.1, 0.15) is 166 Å². The van der Waals surface area contributed by atoms with Gasteiger partial charge in [-0.05, 0) is 119 Å². The van der Waals surface area contributed by atoms with Gasteiger partial charge >= 0.3 is 0 Å². The fraction of sp³-hybridized carbons (Fsp3) is 0.441. The number of rotatable bonds is 11. The molecule has 8 rings (SSSR count). The first-order chi connectivity index (χ1) is 31.3. The van der Waals surface area contributed by atoms with Gasteiger partial charge in [-0.3, -0.25) is 4.79 Å². The van der Waals surface area contributed by atoms with Crippen molar-refractivity contribution in [2.24, 2.45) is 11.8 Å². The molecule has 0 amide bonds. The van der Waals surface area contributed by atoms with E-state index in [2.05, 4.69) is 110 Å². The Bertz CT molecular complexity index is 2540. The van der Waals surface area contributed by atoms with E-state index in [1.165, 1.54) is 103 Å². The Labute approximate surface area is 402 Å². The molecule has 4 aromatic carbocycles. The molecule has 0 aliphatic heterocycles. The zero-order valence-corrected chi connectivity index (χ0v) is 42.2. The summed E-state index contributed by atoms with van der Waals surface area (Å²) in [4.78, 5) is 20.8. The first-order valence-corrected chi connectivity index (χ1v) is 24.1. The maximum absolute atomic E-state index is 11.7. The van der Waals surface area contributed by atoms with Gasteiger partial charge in [0.15, 0.2) is 5.78 Å². The topological polar surface area (TPSA) is 63.1 Å². The smallest absolute Gasteiger partial charge is 0.162 e. The molecule has 4 nitrogen and oxygen atoms in total. The van der Waals surface area contributed by atoms with Gasteiger partial charge in [-0.25, -0.2) is 0 Å². The third kappa shape index (κ3) is 13.3. The van der Waals surface area contributed by atoms with Gasteiger partial charge in [-0.15, -0.1) is 69.8 Å². The van der Waals surface area contributed by atoms with E-state index in [0.29, 0.717) is 5.92 Å². The van der Waals surface area contributed by atoms with Gasteiger partial charge < -0.3 is 15.1 Å². The van der Waals surface area contributed by atoms with Gasteiger partial charge in [0.25, 0.3) is 0 Å². The number of nitrogens with zero attached hydrogens (tertiary/aromatic N) is 2. The zero-order valence-electron chi connectivity index (χ0n) is 41.8. The number of pyridine rings is 2.